The van der Waals surface area contributed by atoms with Crippen molar-refractivity contribution < 1.29 is 9.18 Å². The zero-order valence-electron chi connectivity index (χ0n) is 9.39. The van der Waals surface area contributed by atoms with Crippen LogP contribution in [0.5, 0.6) is 0 Å². The highest BCUT2D eigenvalue weighted by Crippen LogP contribution is 2.43. The molecule has 0 amide bonds. The molecule has 0 radical (unpaired) electrons. The molecule has 1 atom stereocenters. The van der Waals surface area contributed by atoms with Crippen molar-refractivity contribution in [2.45, 2.75) is 32.6 Å². The highest BCUT2D eigenvalue weighted by atomic mass is 79.9. The monoisotopic (exact) mass is 284 g/mol. The summed E-state index contributed by atoms with van der Waals surface area (Å²) in [6.07, 6.45) is 1.34. The van der Waals surface area contributed by atoms with Crippen LogP contribution in [0.25, 0.3) is 0 Å². The second-order valence-corrected chi connectivity index (χ2v) is 6.03. The first-order valence-corrected chi connectivity index (χ1v) is 6.17. The SMILES string of the molecule is CC1(C)C[C@@H](c2cc(F)cc(Br)c2)CC1=O. The average Bonchev–Trinajstić information content (AvgIpc) is 2.40. The van der Waals surface area contributed by atoms with E-state index in [4.69, 9.17) is 0 Å². The molecule has 0 saturated heterocycles. The van der Waals surface area contributed by atoms with E-state index in [2.05, 4.69) is 15.9 Å². The molecule has 2 rings (SSSR count). The number of Topliss-reactive ketones (excluding diaryl/α,β-unsaturated/α-hetero) is 1. The van der Waals surface area contributed by atoms with E-state index >= 15 is 0 Å². The van der Waals surface area contributed by atoms with E-state index in [1.807, 2.05) is 19.9 Å². The minimum Gasteiger partial charge on any atom is -0.299 e. The van der Waals surface area contributed by atoms with Gasteiger partial charge in [-0.25, -0.2) is 4.39 Å². The van der Waals surface area contributed by atoms with Crippen molar-refractivity contribution in [2.24, 2.45) is 5.41 Å². The largest absolute Gasteiger partial charge is 0.299 e. The average molecular weight is 285 g/mol. The summed E-state index contributed by atoms with van der Waals surface area (Å²) in [7, 11) is 0. The summed E-state index contributed by atoms with van der Waals surface area (Å²) >= 11 is 3.28. The van der Waals surface area contributed by atoms with E-state index in [9.17, 15) is 9.18 Å². The van der Waals surface area contributed by atoms with Gasteiger partial charge in [0.05, 0.1) is 0 Å². The number of benzene rings is 1. The maximum atomic E-state index is 13.3. The Balaban J connectivity index is 2.30. The van der Waals surface area contributed by atoms with Gasteiger partial charge in [-0.15, -0.1) is 0 Å². The number of carbonyl (C=O) groups is 1. The summed E-state index contributed by atoms with van der Waals surface area (Å²) in [5, 5.41) is 0. The van der Waals surface area contributed by atoms with Crippen molar-refractivity contribution >= 4 is 21.7 Å². The van der Waals surface area contributed by atoms with Crippen molar-refractivity contribution in [2.75, 3.05) is 0 Å². The van der Waals surface area contributed by atoms with Crippen molar-refractivity contribution in [1.82, 2.24) is 0 Å². The lowest BCUT2D eigenvalue weighted by Crippen LogP contribution is -2.15. The fourth-order valence-corrected chi connectivity index (χ4v) is 2.83. The summed E-state index contributed by atoms with van der Waals surface area (Å²) in [6, 6.07) is 4.87. The summed E-state index contributed by atoms with van der Waals surface area (Å²) in [5.74, 6) is 0.189. The Morgan fingerprint density at radius 3 is 2.56 bits per heavy atom. The van der Waals surface area contributed by atoms with E-state index in [-0.39, 0.29) is 22.9 Å². The summed E-state index contributed by atoms with van der Waals surface area (Å²) in [5.41, 5.74) is 0.662. The van der Waals surface area contributed by atoms with Crippen LogP contribution in [0.4, 0.5) is 4.39 Å². The molecular weight excluding hydrogens is 271 g/mol. The van der Waals surface area contributed by atoms with Gasteiger partial charge >= 0.3 is 0 Å². The molecule has 0 aromatic heterocycles. The van der Waals surface area contributed by atoms with Crippen LogP contribution in [0.1, 0.15) is 38.2 Å². The first-order chi connectivity index (χ1) is 7.38. The van der Waals surface area contributed by atoms with E-state index in [0.717, 1.165) is 16.5 Å². The van der Waals surface area contributed by atoms with Gasteiger partial charge in [0.25, 0.3) is 0 Å². The Bertz CT molecular complexity index is 419. The molecular formula is C13H14BrFO. The summed E-state index contributed by atoms with van der Waals surface area (Å²) < 4.78 is 14.0. The van der Waals surface area contributed by atoms with E-state index in [1.54, 1.807) is 0 Å². The van der Waals surface area contributed by atoms with Gasteiger partial charge in [-0.3, -0.25) is 4.79 Å². The highest BCUT2D eigenvalue weighted by Gasteiger charge is 2.39. The zero-order valence-corrected chi connectivity index (χ0v) is 11.0. The van der Waals surface area contributed by atoms with Gasteiger partial charge in [0, 0.05) is 16.3 Å². The van der Waals surface area contributed by atoms with Crippen LogP contribution < -0.4 is 0 Å². The van der Waals surface area contributed by atoms with Gasteiger partial charge in [0.15, 0.2) is 0 Å². The minimum absolute atomic E-state index is 0.162. The lowest BCUT2D eigenvalue weighted by atomic mass is 9.88. The lowest BCUT2D eigenvalue weighted by molar-refractivity contribution is -0.124. The third kappa shape index (κ3) is 2.19. The fraction of sp³-hybridized carbons (Fsp3) is 0.462. The van der Waals surface area contributed by atoms with Crippen LogP contribution in [0.15, 0.2) is 22.7 Å². The Morgan fingerprint density at radius 2 is 2.06 bits per heavy atom. The second-order valence-electron chi connectivity index (χ2n) is 5.12. The number of carbonyl (C=O) groups excluding carboxylic acids is 1. The third-order valence-corrected chi connectivity index (χ3v) is 3.76. The molecule has 0 spiro atoms. The van der Waals surface area contributed by atoms with Crippen molar-refractivity contribution in [3.63, 3.8) is 0 Å². The number of ketones is 1. The van der Waals surface area contributed by atoms with Crippen molar-refractivity contribution in [1.29, 1.82) is 0 Å². The third-order valence-electron chi connectivity index (χ3n) is 3.30. The molecule has 0 N–H and O–H groups in total. The quantitative estimate of drug-likeness (QED) is 0.760. The smallest absolute Gasteiger partial charge is 0.139 e. The molecule has 0 aliphatic heterocycles. The number of hydrogen-bond acceptors (Lipinski definition) is 1. The second kappa shape index (κ2) is 3.95. The summed E-state index contributed by atoms with van der Waals surface area (Å²) in [6.45, 7) is 3.92. The molecule has 1 aromatic rings. The van der Waals surface area contributed by atoms with Crippen molar-refractivity contribution in [3.05, 3.63) is 34.1 Å². The van der Waals surface area contributed by atoms with Gasteiger partial charge in [0.2, 0.25) is 0 Å². The van der Waals surface area contributed by atoms with E-state index < -0.39 is 0 Å². The van der Waals surface area contributed by atoms with Gasteiger partial charge in [-0.1, -0.05) is 29.8 Å². The minimum atomic E-state index is -0.260. The van der Waals surface area contributed by atoms with Crippen LogP contribution >= 0.6 is 15.9 Å². The first-order valence-electron chi connectivity index (χ1n) is 5.38. The molecule has 86 valence electrons. The maximum absolute atomic E-state index is 13.3. The van der Waals surface area contributed by atoms with E-state index in [1.165, 1.54) is 12.1 Å². The molecule has 1 aliphatic rings. The predicted octanol–water partition coefficient (Wildman–Crippen LogP) is 4.06. The van der Waals surface area contributed by atoms with Crippen LogP contribution in [0, 0.1) is 11.2 Å². The van der Waals surface area contributed by atoms with Crippen LogP contribution in [-0.2, 0) is 4.79 Å². The van der Waals surface area contributed by atoms with Gasteiger partial charge in [-0.2, -0.15) is 0 Å². The van der Waals surface area contributed by atoms with Crippen LogP contribution in [0.2, 0.25) is 0 Å². The molecule has 16 heavy (non-hydrogen) atoms. The Morgan fingerprint density at radius 1 is 1.38 bits per heavy atom. The lowest BCUT2D eigenvalue weighted by Gasteiger charge is -2.15. The highest BCUT2D eigenvalue weighted by molar-refractivity contribution is 9.10. The fourth-order valence-electron chi connectivity index (χ4n) is 2.35. The summed E-state index contributed by atoms with van der Waals surface area (Å²) in [4.78, 5) is 11.7. The van der Waals surface area contributed by atoms with Gasteiger partial charge < -0.3 is 0 Å². The van der Waals surface area contributed by atoms with Gasteiger partial charge in [0.1, 0.15) is 11.6 Å². The molecule has 0 bridgehead atoms. The predicted molar refractivity (Wildman–Crippen MR) is 64.9 cm³/mol. The number of rotatable bonds is 1. The van der Waals surface area contributed by atoms with Crippen LogP contribution in [0.3, 0.4) is 0 Å². The van der Waals surface area contributed by atoms with Crippen molar-refractivity contribution in [3.8, 4) is 0 Å². The molecule has 1 aliphatic carbocycles. The topological polar surface area (TPSA) is 17.1 Å². The molecule has 1 nitrogen and oxygen atoms in total. The molecule has 1 saturated carbocycles. The first kappa shape index (κ1) is 11.8. The molecule has 0 unspecified atom stereocenters. The number of hydrogen-bond donors (Lipinski definition) is 0. The number of halogens is 2. The molecule has 1 aromatic carbocycles. The Kier molecular flexibility index (Phi) is 2.91. The Hall–Kier alpha value is -0.700. The zero-order chi connectivity index (χ0) is 11.9. The molecule has 0 heterocycles. The van der Waals surface area contributed by atoms with Crippen LogP contribution in [-0.4, -0.2) is 5.78 Å². The molecule has 1 fully saturated rings. The van der Waals surface area contributed by atoms with Gasteiger partial charge in [-0.05, 0) is 36.1 Å². The molecule has 3 heteroatoms. The normalized spacial score (nSPS) is 23.8. The standard InChI is InChI=1S/C13H14BrFO/c1-13(2)7-9(5-12(13)16)8-3-10(14)6-11(15)4-8/h3-4,6,9H,5,7H2,1-2H3/t9-/m0/s1. The van der Waals surface area contributed by atoms with E-state index in [0.29, 0.717) is 6.42 Å². The Labute approximate surface area is 103 Å². The maximum Gasteiger partial charge on any atom is 0.139 e.